The van der Waals surface area contributed by atoms with Crippen molar-refractivity contribution in [3.63, 3.8) is 0 Å². The lowest BCUT2D eigenvalue weighted by atomic mass is 10.1. The van der Waals surface area contributed by atoms with E-state index in [1.165, 1.54) is 0 Å². The van der Waals surface area contributed by atoms with Crippen molar-refractivity contribution >= 4 is 5.78 Å². The molecular weight excluding hydrogens is 180 g/mol. The third kappa shape index (κ3) is 3.27. The molecule has 1 rings (SSSR count). The molecule has 5 heteroatoms. The van der Waals surface area contributed by atoms with Crippen molar-refractivity contribution in [2.75, 3.05) is 13.1 Å². The van der Waals surface area contributed by atoms with Crippen molar-refractivity contribution in [2.45, 2.75) is 19.4 Å². The number of hydrogen-bond acceptors (Lipinski definition) is 4. The normalized spacial score (nSPS) is 12.7. The Morgan fingerprint density at radius 3 is 3.14 bits per heavy atom. The fourth-order valence-corrected chi connectivity index (χ4v) is 1.12. The molecule has 4 N–H and O–H groups in total. The predicted octanol–water partition coefficient (Wildman–Crippen LogP) is -0.542. The van der Waals surface area contributed by atoms with E-state index in [1.807, 2.05) is 6.92 Å². The van der Waals surface area contributed by atoms with Gasteiger partial charge >= 0.3 is 0 Å². The summed E-state index contributed by atoms with van der Waals surface area (Å²) in [5.41, 5.74) is 6.53. The first kappa shape index (κ1) is 10.9. The minimum atomic E-state index is -0.461. The number of aromatic nitrogens is 2. The van der Waals surface area contributed by atoms with E-state index in [0.29, 0.717) is 13.0 Å². The molecule has 0 bridgehead atoms. The maximum absolute atomic E-state index is 11.4. The monoisotopic (exact) mass is 196 g/mol. The van der Waals surface area contributed by atoms with Gasteiger partial charge in [-0.1, -0.05) is 6.92 Å². The molecule has 0 saturated carbocycles. The Morgan fingerprint density at radius 2 is 2.57 bits per heavy atom. The smallest absolute Gasteiger partial charge is 0.163 e. The quantitative estimate of drug-likeness (QED) is 0.570. The zero-order valence-corrected chi connectivity index (χ0v) is 8.29. The number of carbonyl (C=O) groups excluding carboxylic acids is 1. The van der Waals surface area contributed by atoms with Gasteiger partial charge in [-0.15, -0.1) is 0 Å². The van der Waals surface area contributed by atoms with Crippen LogP contribution in [0.5, 0.6) is 0 Å². The van der Waals surface area contributed by atoms with Crippen LogP contribution in [0.3, 0.4) is 0 Å². The Kier molecular flexibility index (Phi) is 4.28. The van der Waals surface area contributed by atoms with E-state index in [1.54, 1.807) is 12.5 Å². The Bertz CT molecular complexity index is 270. The zero-order valence-electron chi connectivity index (χ0n) is 8.29. The van der Waals surface area contributed by atoms with Crippen LogP contribution < -0.4 is 11.1 Å². The number of nitrogens with zero attached hydrogens (tertiary/aromatic N) is 1. The van der Waals surface area contributed by atoms with Gasteiger partial charge in [0.05, 0.1) is 24.6 Å². The highest BCUT2D eigenvalue weighted by atomic mass is 16.1. The molecular formula is C9H16N4O. The molecule has 0 fully saturated rings. The van der Waals surface area contributed by atoms with E-state index in [-0.39, 0.29) is 5.78 Å². The van der Waals surface area contributed by atoms with Crippen molar-refractivity contribution in [3.8, 4) is 0 Å². The van der Waals surface area contributed by atoms with Gasteiger partial charge in [0, 0.05) is 12.6 Å². The summed E-state index contributed by atoms with van der Waals surface area (Å²) in [5, 5.41) is 2.95. The summed E-state index contributed by atoms with van der Waals surface area (Å²) in [7, 11) is 0. The topological polar surface area (TPSA) is 83.8 Å². The molecule has 14 heavy (non-hydrogen) atoms. The van der Waals surface area contributed by atoms with Crippen LogP contribution in [-0.4, -0.2) is 34.9 Å². The van der Waals surface area contributed by atoms with Crippen molar-refractivity contribution < 1.29 is 4.79 Å². The molecule has 1 atom stereocenters. The number of ketones is 1. The lowest BCUT2D eigenvalue weighted by Crippen LogP contribution is -2.39. The summed E-state index contributed by atoms with van der Waals surface area (Å²) < 4.78 is 0. The fourth-order valence-electron chi connectivity index (χ4n) is 1.12. The largest absolute Gasteiger partial charge is 0.351 e. The summed E-state index contributed by atoms with van der Waals surface area (Å²) in [6.45, 7) is 3.06. The average molecular weight is 196 g/mol. The van der Waals surface area contributed by atoms with Crippen LogP contribution in [0.2, 0.25) is 0 Å². The van der Waals surface area contributed by atoms with Gasteiger partial charge in [-0.2, -0.15) is 0 Å². The van der Waals surface area contributed by atoms with Crippen LogP contribution in [0.25, 0.3) is 0 Å². The first-order valence-electron chi connectivity index (χ1n) is 4.70. The van der Waals surface area contributed by atoms with E-state index < -0.39 is 6.04 Å². The number of nitrogens with two attached hydrogens (primary N) is 1. The second-order valence-corrected chi connectivity index (χ2v) is 3.12. The molecule has 0 aliphatic rings. The minimum Gasteiger partial charge on any atom is -0.351 e. The highest BCUT2D eigenvalue weighted by molar-refractivity contribution is 5.85. The number of rotatable bonds is 6. The van der Waals surface area contributed by atoms with Gasteiger partial charge in [-0.3, -0.25) is 4.79 Å². The molecule has 1 aromatic rings. The summed E-state index contributed by atoms with van der Waals surface area (Å²) in [6, 6.07) is -0.461. The van der Waals surface area contributed by atoms with Gasteiger partial charge in [0.1, 0.15) is 0 Å². The van der Waals surface area contributed by atoms with Crippen molar-refractivity contribution in [3.05, 3.63) is 18.2 Å². The lowest BCUT2D eigenvalue weighted by Gasteiger charge is -2.08. The van der Waals surface area contributed by atoms with Crippen LogP contribution in [-0.2, 0) is 11.2 Å². The van der Waals surface area contributed by atoms with Gasteiger partial charge in [0.15, 0.2) is 5.78 Å². The molecule has 0 amide bonds. The third-order valence-corrected chi connectivity index (χ3v) is 1.95. The van der Waals surface area contributed by atoms with Gasteiger partial charge in [-0.25, -0.2) is 4.98 Å². The van der Waals surface area contributed by atoms with Gasteiger partial charge in [0.25, 0.3) is 0 Å². The van der Waals surface area contributed by atoms with Crippen LogP contribution in [0, 0.1) is 0 Å². The van der Waals surface area contributed by atoms with E-state index in [0.717, 1.165) is 12.2 Å². The number of nitrogens with one attached hydrogen (secondary N) is 2. The van der Waals surface area contributed by atoms with E-state index >= 15 is 0 Å². The highest BCUT2D eigenvalue weighted by Gasteiger charge is 2.13. The second kappa shape index (κ2) is 5.51. The summed E-state index contributed by atoms with van der Waals surface area (Å²) in [6.07, 6.45) is 3.82. The van der Waals surface area contributed by atoms with Gasteiger partial charge < -0.3 is 16.0 Å². The van der Waals surface area contributed by atoms with Crippen LogP contribution >= 0.6 is 0 Å². The molecule has 0 aromatic carbocycles. The first-order chi connectivity index (χ1) is 6.74. The molecule has 0 unspecified atom stereocenters. The number of Topliss-reactive ketones (excluding diaryl/α,β-unsaturated/α-hetero) is 1. The third-order valence-electron chi connectivity index (χ3n) is 1.95. The van der Waals surface area contributed by atoms with E-state index in [9.17, 15) is 4.79 Å². The molecule has 0 aliphatic carbocycles. The molecule has 1 heterocycles. The molecule has 0 radical (unpaired) electrons. The SMILES string of the molecule is CCNCC(=O)[C@@H](N)Cc1c[nH]cn1. The van der Waals surface area contributed by atoms with Crippen LogP contribution in [0.15, 0.2) is 12.5 Å². The Morgan fingerprint density at radius 1 is 1.79 bits per heavy atom. The number of H-pyrrole nitrogens is 1. The minimum absolute atomic E-state index is 0.0230. The van der Waals surface area contributed by atoms with E-state index in [4.69, 9.17) is 5.73 Å². The standard InChI is InChI=1S/C9H16N4O/c1-2-11-5-9(14)8(10)3-7-4-12-6-13-7/h4,6,8,11H,2-3,5,10H2,1H3,(H,12,13)/t8-/m0/s1. The number of likely N-dealkylation sites (N-methyl/N-ethyl adjacent to an activating group) is 1. The molecule has 78 valence electrons. The predicted molar refractivity (Wildman–Crippen MR) is 53.8 cm³/mol. The van der Waals surface area contributed by atoms with Crippen molar-refractivity contribution in [1.29, 1.82) is 0 Å². The number of imidazole rings is 1. The highest BCUT2D eigenvalue weighted by Crippen LogP contribution is 1.96. The van der Waals surface area contributed by atoms with Gasteiger partial charge in [0.2, 0.25) is 0 Å². The van der Waals surface area contributed by atoms with E-state index in [2.05, 4.69) is 15.3 Å². The Hall–Kier alpha value is -1.20. The first-order valence-corrected chi connectivity index (χ1v) is 4.70. The number of carbonyl (C=O) groups is 1. The second-order valence-electron chi connectivity index (χ2n) is 3.12. The molecule has 0 saturated heterocycles. The Balaban J connectivity index is 2.34. The molecule has 5 nitrogen and oxygen atoms in total. The molecule has 0 spiro atoms. The summed E-state index contributed by atoms with van der Waals surface area (Å²) in [4.78, 5) is 18.2. The van der Waals surface area contributed by atoms with Crippen molar-refractivity contribution in [2.24, 2.45) is 5.73 Å². The summed E-state index contributed by atoms with van der Waals surface area (Å²) in [5.74, 6) is 0.0230. The molecule has 0 aliphatic heterocycles. The zero-order chi connectivity index (χ0) is 10.4. The fraction of sp³-hybridized carbons (Fsp3) is 0.556. The summed E-state index contributed by atoms with van der Waals surface area (Å²) >= 11 is 0. The lowest BCUT2D eigenvalue weighted by molar-refractivity contribution is -0.119. The number of aromatic amines is 1. The maximum atomic E-state index is 11.4. The number of hydrogen-bond donors (Lipinski definition) is 3. The van der Waals surface area contributed by atoms with Crippen molar-refractivity contribution in [1.82, 2.24) is 15.3 Å². The van der Waals surface area contributed by atoms with Crippen LogP contribution in [0.4, 0.5) is 0 Å². The average Bonchev–Trinajstić information content (AvgIpc) is 2.66. The Labute approximate surface area is 83.1 Å². The maximum Gasteiger partial charge on any atom is 0.163 e. The molecule has 1 aromatic heterocycles. The van der Waals surface area contributed by atoms with Gasteiger partial charge in [-0.05, 0) is 6.54 Å². The van der Waals surface area contributed by atoms with Crippen LogP contribution in [0.1, 0.15) is 12.6 Å².